The average molecular weight is 442 g/mol. The summed E-state index contributed by atoms with van der Waals surface area (Å²) in [5.41, 5.74) is 1.17. The maximum Gasteiger partial charge on any atom is 0.165 e. The third kappa shape index (κ3) is 2.01. The molecule has 2 spiro atoms. The van der Waals surface area contributed by atoms with Gasteiger partial charge in [-0.3, -0.25) is 0 Å². The van der Waals surface area contributed by atoms with Crippen molar-refractivity contribution in [2.45, 2.75) is 88.6 Å². The zero-order valence-corrected chi connectivity index (χ0v) is 20.7. The van der Waals surface area contributed by atoms with Crippen molar-refractivity contribution < 1.29 is 19.3 Å². The quantitative estimate of drug-likeness (QED) is 0.770. The van der Waals surface area contributed by atoms with E-state index in [4.69, 9.17) is 14.2 Å². The van der Waals surface area contributed by atoms with Gasteiger partial charge in [0.2, 0.25) is 0 Å². The number of likely N-dealkylation sites (tertiary alicyclic amines) is 1. The van der Waals surface area contributed by atoms with E-state index in [1.807, 2.05) is 14.0 Å². The molecule has 4 fully saturated rings. The first-order chi connectivity index (χ1) is 15.0. The highest BCUT2D eigenvalue weighted by molar-refractivity contribution is 5.63. The van der Waals surface area contributed by atoms with Crippen molar-refractivity contribution >= 4 is 0 Å². The molecule has 0 aromatic heterocycles. The van der Waals surface area contributed by atoms with Gasteiger partial charge in [0.1, 0.15) is 11.7 Å². The number of methoxy groups -OCH3 is 2. The van der Waals surface area contributed by atoms with Crippen LogP contribution in [0.5, 0.6) is 11.5 Å². The Bertz CT molecular complexity index is 983. The number of nitrogens with zero attached hydrogens (tertiary/aromatic N) is 1. The number of benzene rings is 1. The fourth-order valence-electron chi connectivity index (χ4n) is 9.01. The second-order valence-corrected chi connectivity index (χ2v) is 12.5. The van der Waals surface area contributed by atoms with Crippen LogP contribution in [-0.2, 0) is 16.6 Å². The van der Waals surface area contributed by atoms with E-state index in [0.717, 1.165) is 50.1 Å². The number of hydrogen-bond acceptors (Lipinski definition) is 5. The van der Waals surface area contributed by atoms with Crippen molar-refractivity contribution in [2.24, 2.45) is 16.7 Å². The van der Waals surface area contributed by atoms with Crippen LogP contribution >= 0.6 is 0 Å². The van der Waals surface area contributed by atoms with Crippen LogP contribution in [0.25, 0.3) is 0 Å². The molecule has 2 heterocycles. The molecule has 176 valence electrons. The van der Waals surface area contributed by atoms with E-state index < -0.39 is 11.2 Å². The molecule has 0 unspecified atom stereocenters. The van der Waals surface area contributed by atoms with Gasteiger partial charge in [0.25, 0.3) is 0 Å². The summed E-state index contributed by atoms with van der Waals surface area (Å²) < 4.78 is 19.4. The average Bonchev–Trinajstić information content (AvgIpc) is 3.12. The Hall–Kier alpha value is -1.30. The SMILES string of the molecule is COc1ccc2c3c1O[C@H]1[C@@]4(OC)CC[C@@]5(C[C@@H]4[C@@](C)(O)C(C)(C)C)[C@@H](C2)N(C)CC[C@]315. The predicted molar refractivity (Wildman–Crippen MR) is 123 cm³/mol. The van der Waals surface area contributed by atoms with E-state index in [9.17, 15) is 5.11 Å². The molecule has 1 aromatic carbocycles. The second kappa shape index (κ2) is 6.03. The van der Waals surface area contributed by atoms with Crippen molar-refractivity contribution in [1.29, 1.82) is 0 Å². The second-order valence-electron chi connectivity index (χ2n) is 12.5. The van der Waals surface area contributed by atoms with E-state index in [1.54, 1.807) is 7.11 Å². The highest BCUT2D eigenvalue weighted by atomic mass is 16.6. The van der Waals surface area contributed by atoms with Gasteiger partial charge in [-0.25, -0.2) is 0 Å². The maximum absolute atomic E-state index is 12.1. The summed E-state index contributed by atoms with van der Waals surface area (Å²) in [4.78, 5) is 2.60. The van der Waals surface area contributed by atoms with Gasteiger partial charge in [-0.05, 0) is 69.7 Å². The molecule has 4 aliphatic carbocycles. The largest absolute Gasteiger partial charge is 0.493 e. The van der Waals surface area contributed by atoms with E-state index in [1.165, 1.54) is 11.1 Å². The first-order valence-electron chi connectivity index (χ1n) is 12.3. The summed E-state index contributed by atoms with van der Waals surface area (Å²) in [6, 6.07) is 4.82. The Balaban J connectivity index is 1.65. The van der Waals surface area contributed by atoms with Gasteiger partial charge < -0.3 is 24.2 Å². The van der Waals surface area contributed by atoms with E-state index in [0.29, 0.717) is 6.04 Å². The minimum atomic E-state index is -0.882. The first-order valence-corrected chi connectivity index (χ1v) is 12.3. The Labute approximate surface area is 192 Å². The lowest BCUT2D eigenvalue weighted by atomic mass is 9.33. The summed E-state index contributed by atoms with van der Waals surface area (Å²) in [6.45, 7) is 9.59. The molecule has 7 rings (SSSR count). The smallest absolute Gasteiger partial charge is 0.165 e. The molecular formula is C27H39NO4. The minimum absolute atomic E-state index is 0.00253. The van der Waals surface area contributed by atoms with Crippen molar-refractivity contribution in [1.82, 2.24) is 4.90 Å². The molecule has 1 aromatic rings. The van der Waals surface area contributed by atoms with Gasteiger partial charge in [-0.2, -0.15) is 0 Å². The summed E-state index contributed by atoms with van der Waals surface area (Å²) in [6.07, 6.45) is 5.07. The fraction of sp³-hybridized carbons (Fsp3) is 0.778. The number of fused-ring (bicyclic) bond motifs is 2. The predicted octanol–water partition coefficient (Wildman–Crippen LogP) is 3.94. The van der Waals surface area contributed by atoms with Crippen LogP contribution in [0, 0.1) is 16.7 Å². The van der Waals surface area contributed by atoms with Gasteiger partial charge >= 0.3 is 0 Å². The molecule has 5 heteroatoms. The number of rotatable bonds is 3. The number of likely N-dealkylation sites (N-methyl/N-ethyl adjacent to an activating group) is 1. The first kappa shape index (κ1) is 21.2. The molecule has 7 atom stereocenters. The normalized spacial score (nSPS) is 43.4. The van der Waals surface area contributed by atoms with Crippen molar-refractivity contribution in [3.8, 4) is 11.5 Å². The Morgan fingerprint density at radius 3 is 2.53 bits per heavy atom. The van der Waals surface area contributed by atoms with Gasteiger partial charge in [0, 0.05) is 35.5 Å². The van der Waals surface area contributed by atoms with Crippen LogP contribution in [0.2, 0.25) is 0 Å². The van der Waals surface area contributed by atoms with Crippen LogP contribution in [0.3, 0.4) is 0 Å². The molecule has 3 saturated carbocycles. The molecule has 5 nitrogen and oxygen atoms in total. The maximum atomic E-state index is 12.1. The van der Waals surface area contributed by atoms with Crippen molar-refractivity contribution in [3.63, 3.8) is 0 Å². The number of hydrogen-bond donors (Lipinski definition) is 1. The lowest BCUT2D eigenvalue weighted by Gasteiger charge is -2.75. The number of aliphatic hydroxyl groups is 1. The topological polar surface area (TPSA) is 51.2 Å². The molecular weight excluding hydrogens is 402 g/mol. The van der Waals surface area contributed by atoms with Crippen LogP contribution < -0.4 is 9.47 Å². The van der Waals surface area contributed by atoms with Crippen LogP contribution in [-0.4, -0.2) is 61.2 Å². The standard InChI is InChI=1S/C27H39NO4/c1-23(2,3)24(4,29)18-15-25-10-11-27(18,31-7)22-26(25)12-13-28(5)19(25)14-16-8-9-17(30-6)21(32-22)20(16)26/h8-9,18-19,22,29H,10-15H2,1-7H3/t18-,19-,22-,24-,25-,26+,27-/m1/s1. The Morgan fingerprint density at radius 1 is 1.12 bits per heavy atom. The summed E-state index contributed by atoms with van der Waals surface area (Å²) in [5.74, 6) is 1.79. The Morgan fingerprint density at radius 2 is 1.88 bits per heavy atom. The van der Waals surface area contributed by atoms with Crippen molar-refractivity contribution in [3.05, 3.63) is 23.3 Å². The summed E-state index contributed by atoms with van der Waals surface area (Å²) >= 11 is 0. The third-order valence-electron chi connectivity index (χ3n) is 11.0. The molecule has 2 aliphatic heterocycles. The monoisotopic (exact) mass is 441 g/mol. The van der Waals surface area contributed by atoms with Crippen LogP contribution in [0.15, 0.2) is 12.1 Å². The summed E-state index contributed by atoms with van der Waals surface area (Å²) in [5, 5.41) is 12.1. The van der Waals surface area contributed by atoms with Gasteiger partial charge in [0.05, 0.1) is 12.7 Å². The molecule has 0 radical (unpaired) electrons. The van der Waals surface area contributed by atoms with E-state index in [2.05, 4.69) is 44.9 Å². The Kier molecular flexibility index (Phi) is 4.00. The lowest BCUT2D eigenvalue weighted by molar-refractivity contribution is -0.311. The van der Waals surface area contributed by atoms with E-state index >= 15 is 0 Å². The van der Waals surface area contributed by atoms with Crippen LogP contribution in [0.1, 0.15) is 64.5 Å². The van der Waals surface area contributed by atoms with Gasteiger partial charge in [-0.1, -0.05) is 26.8 Å². The number of ether oxygens (including phenoxy) is 3. The molecule has 1 saturated heterocycles. The highest BCUT2D eigenvalue weighted by Crippen LogP contribution is 2.77. The molecule has 1 N–H and O–H groups in total. The minimum Gasteiger partial charge on any atom is -0.493 e. The molecule has 6 aliphatic rings. The zero-order valence-electron chi connectivity index (χ0n) is 20.7. The molecule has 0 amide bonds. The molecule has 4 bridgehead atoms. The van der Waals surface area contributed by atoms with Gasteiger partial charge in [0.15, 0.2) is 11.5 Å². The summed E-state index contributed by atoms with van der Waals surface area (Å²) in [7, 11) is 5.89. The van der Waals surface area contributed by atoms with Gasteiger partial charge in [-0.15, -0.1) is 0 Å². The lowest BCUT2D eigenvalue weighted by Crippen LogP contribution is -2.83. The fourth-order valence-corrected chi connectivity index (χ4v) is 9.01. The van der Waals surface area contributed by atoms with Crippen molar-refractivity contribution in [2.75, 3.05) is 27.8 Å². The van der Waals surface area contributed by atoms with Crippen LogP contribution in [0.4, 0.5) is 0 Å². The zero-order chi connectivity index (χ0) is 22.9. The highest BCUT2D eigenvalue weighted by Gasteiger charge is 2.82. The third-order valence-corrected chi connectivity index (χ3v) is 11.0. The number of piperidine rings is 1. The molecule has 32 heavy (non-hydrogen) atoms. The van der Waals surface area contributed by atoms with E-state index in [-0.39, 0.29) is 28.3 Å².